The molecule has 0 spiro atoms. The van der Waals surface area contributed by atoms with Gasteiger partial charge in [0, 0.05) is 18.8 Å². The molecule has 2 aromatic carbocycles. The Balaban J connectivity index is 1.57. The van der Waals surface area contributed by atoms with Crippen molar-refractivity contribution >= 4 is 11.6 Å². The van der Waals surface area contributed by atoms with Gasteiger partial charge in [-0.1, -0.05) is 37.3 Å². The molecule has 138 valence electrons. The Bertz CT molecular complexity index is 736. The lowest BCUT2D eigenvalue weighted by Crippen LogP contribution is -2.32. The number of benzene rings is 2. The molecular formula is C22H27FN2O. The van der Waals surface area contributed by atoms with E-state index < -0.39 is 0 Å². The molecule has 2 aromatic rings. The van der Waals surface area contributed by atoms with Crippen molar-refractivity contribution in [3.05, 3.63) is 65.5 Å². The largest absolute Gasteiger partial charge is 0.372 e. The molecular weight excluding hydrogens is 327 g/mol. The first kappa shape index (κ1) is 18.4. The summed E-state index contributed by atoms with van der Waals surface area (Å²) in [6.07, 6.45) is 2.54. The summed E-state index contributed by atoms with van der Waals surface area (Å²) in [4.78, 5) is 14.6. The summed E-state index contributed by atoms with van der Waals surface area (Å²) in [6, 6.07) is 14.7. The van der Waals surface area contributed by atoms with E-state index in [0.29, 0.717) is 5.56 Å². The van der Waals surface area contributed by atoms with Crippen LogP contribution >= 0.6 is 0 Å². The lowest BCUT2D eigenvalue weighted by molar-refractivity contribution is -0.121. The van der Waals surface area contributed by atoms with E-state index in [-0.39, 0.29) is 24.2 Å². The molecule has 0 saturated carbocycles. The Morgan fingerprint density at radius 1 is 1.15 bits per heavy atom. The van der Waals surface area contributed by atoms with Gasteiger partial charge in [-0.15, -0.1) is 0 Å². The summed E-state index contributed by atoms with van der Waals surface area (Å²) < 4.78 is 13.7. The highest BCUT2D eigenvalue weighted by atomic mass is 19.1. The Hall–Kier alpha value is -2.36. The molecule has 0 unspecified atom stereocenters. The molecule has 0 radical (unpaired) electrons. The highest BCUT2D eigenvalue weighted by Crippen LogP contribution is 2.24. The average Bonchev–Trinajstić information content (AvgIpc) is 2.64. The van der Waals surface area contributed by atoms with Gasteiger partial charge in [-0.05, 0) is 55.0 Å². The van der Waals surface area contributed by atoms with Crippen LogP contribution in [0.15, 0.2) is 48.5 Å². The van der Waals surface area contributed by atoms with Gasteiger partial charge in [0.05, 0.1) is 12.5 Å². The van der Waals surface area contributed by atoms with Crippen LogP contribution in [0.4, 0.5) is 10.1 Å². The van der Waals surface area contributed by atoms with E-state index in [4.69, 9.17) is 0 Å². The maximum absolute atomic E-state index is 13.7. The summed E-state index contributed by atoms with van der Waals surface area (Å²) in [7, 11) is 0. The first-order valence-corrected chi connectivity index (χ1v) is 9.40. The molecule has 3 rings (SSSR count). The van der Waals surface area contributed by atoms with Crippen LogP contribution in [0, 0.1) is 11.7 Å². The van der Waals surface area contributed by atoms with Crippen LogP contribution in [0.3, 0.4) is 0 Å². The molecule has 1 heterocycles. The van der Waals surface area contributed by atoms with E-state index in [0.717, 1.165) is 24.6 Å². The number of halogens is 1. The van der Waals surface area contributed by atoms with Crippen LogP contribution in [0.25, 0.3) is 0 Å². The molecule has 1 fully saturated rings. The van der Waals surface area contributed by atoms with Gasteiger partial charge in [0.1, 0.15) is 5.82 Å². The Morgan fingerprint density at radius 2 is 1.81 bits per heavy atom. The van der Waals surface area contributed by atoms with Gasteiger partial charge in [0.15, 0.2) is 0 Å². The zero-order valence-electron chi connectivity index (χ0n) is 15.5. The van der Waals surface area contributed by atoms with Crippen molar-refractivity contribution in [2.45, 2.75) is 39.2 Å². The minimum Gasteiger partial charge on any atom is -0.372 e. The number of piperidine rings is 1. The second kappa shape index (κ2) is 8.35. The summed E-state index contributed by atoms with van der Waals surface area (Å²) in [5, 5.41) is 2.96. The first-order valence-electron chi connectivity index (χ1n) is 9.40. The minimum atomic E-state index is -0.337. The maximum atomic E-state index is 13.7. The van der Waals surface area contributed by atoms with Crippen molar-refractivity contribution in [3.63, 3.8) is 0 Å². The fourth-order valence-electron chi connectivity index (χ4n) is 3.43. The van der Waals surface area contributed by atoms with Crippen LogP contribution in [0.2, 0.25) is 0 Å². The third kappa shape index (κ3) is 4.63. The van der Waals surface area contributed by atoms with Crippen molar-refractivity contribution in [1.82, 2.24) is 5.32 Å². The number of hydrogen-bond acceptors (Lipinski definition) is 2. The minimum absolute atomic E-state index is 0.0566. The van der Waals surface area contributed by atoms with Crippen LogP contribution in [0.1, 0.15) is 43.9 Å². The molecule has 1 atom stereocenters. The highest BCUT2D eigenvalue weighted by molar-refractivity contribution is 5.79. The quantitative estimate of drug-likeness (QED) is 0.858. The number of nitrogens with one attached hydrogen (secondary N) is 1. The lowest BCUT2D eigenvalue weighted by Gasteiger charge is -2.32. The number of amides is 1. The van der Waals surface area contributed by atoms with Crippen molar-refractivity contribution < 1.29 is 9.18 Å². The normalized spacial score (nSPS) is 16.3. The van der Waals surface area contributed by atoms with Crippen molar-refractivity contribution in [1.29, 1.82) is 0 Å². The SMILES string of the molecule is CC1CCN(c2ccc([C@@H](C)NC(=O)Cc3ccccc3F)cc2)CC1. The van der Waals surface area contributed by atoms with Gasteiger partial charge in [-0.3, -0.25) is 4.79 Å². The van der Waals surface area contributed by atoms with Crippen molar-refractivity contribution in [2.75, 3.05) is 18.0 Å². The molecule has 1 aliphatic rings. The average molecular weight is 354 g/mol. The predicted octanol–water partition coefficient (Wildman–Crippen LogP) is 4.48. The maximum Gasteiger partial charge on any atom is 0.225 e. The summed E-state index contributed by atoms with van der Waals surface area (Å²) >= 11 is 0. The molecule has 0 aliphatic carbocycles. The zero-order valence-corrected chi connectivity index (χ0v) is 15.5. The van der Waals surface area contributed by atoms with Gasteiger partial charge in [0.2, 0.25) is 5.91 Å². The Labute approximate surface area is 155 Å². The number of rotatable bonds is 5. The molecule has 1 aliphatic heterocycles. The molecule has 1 N–H and O–H groups in total. The molecule has 1 saturated heterocycles. The van der Waals surface area contributed by atoms with Gasteiger partial charge in [-0.25, -0.2) is 4.39 Å². The van der Waals surface area contributed by atoms with E-state index in [1.165, 1.54) is 24.6 Å². The van der Waals surface area contributed by atoms with Crippen molar-refractivity contribution in [2.24, 2.45) is 5.92 Å². The Kier molecular flexibility index (Phi) is 5.92. The molecule has 0 bridgehead atoms. The number of hydrogen-bond donors (Lipinski definition) is 1. The van der Waals surface area contributed by atoms with Gasteiger partial charge in [-0.2, -0.15) is 0 Å². The smallest absolute Gasteiger partial charge is 0.225 e. The molecule has 1 amide bonds. The molecule has 4 heteroatoms. The number of carbonyl (C=O) groups is 1. The van der Waals surface area contributed by atoms with Crippen LogP contribution in [-0.2, 0) is 11.2 Å². The van der Waals surface area contributed by atoms with Crippen LogP contribution in [-0.4, -0.2) is 19.0 Å². The molecule has 0 aromatic heterocycles. The fourth-order valence-corrected chi connectivity index (χ4v) is 3.43. The van der Waals surface area contributed by atoms with Crippen LogP contribution in [0.5, 0.6) is 0 Å². The Morgan fingerprint density at radius 3 is 2.46 bits per heavy atom. The van der Waals surface area contributed by atoms with Gasteiger partial charge in [0.25, 0.3) is 0 Å². The monoisotopic (exact) mass is 354 g/mol. The predicted molar refractivity (Wildman–Crippen MR) is 104 cm³/mol. The van der Waals surface area contributed by atoms with E-state index in [1.54, 1.807) is 18.2 Å². The highest BCUT2D eigenvalue weighted by Gasteiger charge is 2.17. The van der Waals surface area contributed by atoms with E-state index in [9.17, 15) is 9.18 Å². The van der Waals surface area contributed by atoms with Gasteiger partial charge < -0.3 is 10.2 Å². The van der Waals surface area contributed by atoms with E-state index >= 15 is 0 Å². The number of carbonyl (C=O) groups excluding carboxylic acids is 1. The fraction of sp³-hybridized carbons (Fsp3) is 0.409. The second-order valence-electron chi connectivity index (χ2n) is 7.32. The summed E-state index contributed by atoms with van der Waals surface area (Å²) in [5.41, 5.74) is 2.72. The number of anilines is 1. The molecule has 26 heavy (non-hydrogen) atoms. The zero-order chi connectivity index (χ0) is 18.5. The first-order chi connectivity index (χ1) is 12.5. The standard InChI is InChI=1S/C22H27FN2O/c1-16-11-13-25(14-12-16)20-9-7-18(8-10-20)17(2)24-22(26)15-19-5-3-4-6-21(19)23/h3-10,16-17H,11-15H2,1-2H3,(H,24,26)/t17-/m1/s1. The summed E-state index contributed by atoms with van der Waals surface area (Å²) in [5.74, 6) is 0.308. The second-order valence-corrected chi connectivity index (χ2v) is 7.32. The third-order valence-corrected chi connectivity index (χ3v) is 5.23. The molecule has 3 nitrogen and oxygen atoms in total. The third-order valence-electron chi connectivity index (χ3n) is 5.23. The van der Waals surface area contributed by atoms with E-state index in [1.807, 2.05) is 6.92 Å². The summed E-state index contributed by atoms with van der Waals surface area (Å²) in [6.45, 7) is 6.48. The van der Waals surface area contributed by atoms with E-state index in [2.05, 4.69) is 41.4 Å². The lowest BCUT2D eigenvalue weighted by atomic mass is 9.98. The van der Waals surface area contributed by atoms with Crippen molar-refractivity contribution in [3.8, 4) is 0 Å². The van der Waals surface area contributed by atoms with Crippen LogP contribution < -0.4 is 10.2 Å². The number of nitrogens with zero attached hydrogens (tertiary/aromatic N) is 1. The topological polar surface area (TPSA) is 32.3 Å². The van der Waals surface area contributed by atoms with Gasteiger partial charge >= 0.3 is 0 Å².